The lowest BCUT2D eigenvalue weighted by atomic mass is 10.2. The van der Waals surface area contributed by atoms with Crippen LogP contribution in [-0.4, -0.2) is 169 Å². The minimum atomic E-state index is -0.482. The molecule has 0 saturated carbocycles. The third kappa shape index (κ3) is 37.7. The standard InChI is InChI=1S/C47H80N2O13S3/c1-7-10-13-16-36-63-39(4)45(54)60-33-30-57-42(51)20-25-48(26-21-43(52)58-31-34-61-46(55)40(5)64-37-17-14-11-8-2)23-19-24-49(28-29-50)27-22-44(53)59-32-35-62-47(56)41(6)65-38-18-15-12-9-3/h10-15,39-41,50H,7-9,16-38H2,1-6H3/b13-10+,14-11+,15-12+. The van der Waals surface area contributed by atoms with Gasteiger partial charge in [0.2, 0.25) is 0 Å². The number of hydrogen-bond donors (Lipinski definition) is 1. The highest BCUT2D eigenvalue weighted by Gasteiger charge is 2.19. The number of esters is 6. The van der Waals surface area contributed by atoms with E-state index in [0.717, 1.165) is 55.8 Å². The largest absolute Gasteiger partial charge is 0.462 e. The molecule has 0 fully saturated rings. The van der Waals surface area contributed by atoms with E-state index >= 15 is 0 Å². The predicted molar refractivity (Wildman–Crippen MR) is 262 cm³/mol. The van der Waals surface area contributed by atoms with Crippen LogP contribution in [-0.2, 0) is 57.2 Å². The first-order valence-electron chi connectivity index (χ1n) is 23.2. The summed E-state index contributed by atoms with van der Waals surface area (Å²) in [7, 11) is 0. The van der Waals surface area contributed by atoms with Crippen molar-refractivity contribution in [3.63, 3.8) is 0 Å². The van der Waals surface area contributed by atoms with Gasteiger partial charge in [-0.2, -0.15) is 0 Å². The molecule has 3 unspecified atom stereocenters. The Kier molecular flexibility index (Phi) is 41.5. The molecule has 1 N–H and O–H groups in total. The fourth-order valence-electron chi connectivity index (χ4n) is 5.54. The van der Waals surface area contributed by atoms with Gasteiger partial charge in [0.25, 0.3) is 0 Å². The molecular weight excluding hydrogens is 897 g/mol. The minimum absolute atomic E-state index is 0.0253. The van der Waals surface area contributed by atoms with Gasteiger partial charge in [-0.25, -0.2) is 0 Å². The van der Waals surface area contributed by atoms with Gasteiger partial charge in [0.05, 0.1) is 41.6 Å². The number of allylic oxidation sites excluding steroid dienone is 6. The van der Waals surface area contributed by atoms with Gasteiger partial charge in [-0.3, -0.25) is 28.8 Å². The lowest BCUT2D eigenvalue weighted by Gasteiger charge is -2.25. The van der Waals surface area contributed by atoms with Gasteiger partial charge in [-0.1, -0.05) is 57.2 Å². The second kappa shape index (κ2) is 43.5. The van der Waals surface area contributed by atoms with Crippen LogP contribution in [0.1, 0.15) is 106 Å². The maximum Gasteiger partial charge on any atom is 0.318 e. The summed E-state index contributed by atoms with van der Waals surface area (Å²) in [4.78, 5) is 78.6. The SMILES string of the molecule is CC/C=C/CCSC(C)C(=O)OCCOC(=O)CCN(CCO)CCCN(CCC(=O)OCCOC(=O)C(C)SCC/C=C/CC)CCC(=O)OCCOC(=O)C(C)SCC/C=C/CC. The van der Waals surface area contributed by atoms with Crippen molar-refractivity contribution in [3.05, 3.63) is 36.5 Å². The Labute approximate surface area is 402 Å². The zero-order chi connectivity index (χ0) is 48.3. The second-order valence-electron chi connectivity index (χ2n) is 14.7. The molecule has 0 aliphatic rings. The van der Waals surface area contributed by atoms with Crippen LogP contribution in [0.15, 0.2) is 36.5 Å². The monoisotopic (exact) mass is 976 g/mol. The van der Waals surface area contributed by atoms with Crippen LogP contribution in [0.5, 0.6) is 0 Å². The first-order chi connectivity index (χ1) is 31.4. The highest BCUT2D eigenvalue weighted by Crippen LogP contribution is 2.16. The van der Waals surface area contributed by atoms with Crippen molar-refractivity contribution >= 4 is 71.1 Å². The number of hydrogen-bond acceptors (Lipinski definition) is 18. The van der Waals surface area contributed by atoms with Crippen LogP contribution in [0.25, 0.3) is 0 Å². The quantitative estimate of drug-likeness (QED) is 0.0290. The average Bonchev–Trinajstić information content (AvgIpc) is 3.29. The number of carbonyl (C=O) groups excluding carboxylic acids is 6. The number of ether oxygens (including phenoxy) is 6. The smallest absolute Gasteiger partial charge is 0.318 e. The van der Waals surface area contributed by atoms with Crippen molar-refractivity contribution in [1.82, 2.24) is 9.80 Å². The number of aliphatic hydroxyl groups is 1. The third-order valence-electron chi connectivity index (χ3n) is 9.19. The van der Waals surface area contributed by atoms with Gasteiger partial charge in [0, 0.05) is 26.2 Å². The van der Waals surface area contributed by atoms with E-state index in [1.54, 1.807) is 20.8 Å². The molecule has 18 heteroatoms. The Hall–Kier alpha value is -3.03. The molecule has 0 bridgehead atoms. The molecule has 0 aromatic carbocycles. The summed E-state index contributed by atoms with van der Waals surface area (Å²) < 4.78 is 31.7. The lowest BCUT2D eigenvalue weighted by molar-refractivity contribution is -0.152. The summed E-state index contributed by atoms with van der Waals surface area (Å²) >= 11 is 4.52. The van der Waals surface area contributed by atoms with E-state index in [1.807, 2.05) is 9.80 Å². The number of nitrogens with zero attached hydrogens (tertiary/aromatic N) is 2. The van der Waals surface area contributed by atoms with Gasteiger partial charge < -0.3 is 43.3 Å². The van der Waals surface area contributed by atoms with E-state index in [-0.39, 0.29) is 112 Å². The van der Waals surface area contributed by atoms with E-state index in [2.05, 4.69) is 57.2 Å². The number of rotatable bonds is 42. The Bertz CT molecular complexity index is 1320. The second-order valence-corrected chi connectivity index (χ2v) is 19.1. The van der Waals surface area contributed by atoms with Crippen molar-refractivity contribution in [2.45, 2.75) is 122 Å². The molecule has 0 saturated heterocycles. The summed E-state index contributed by atoms with van der Waals surface area (Å²) in [6.45, 7) is 13.3. The average molecular weight is 977 g/mol. The normalized spacial score (nSPS) is 13.1. The van der Waals surface area contributed by atoms with Crippen molar-refractivity contribution < 1.29 is 62.3 Å². The molecule has 3 atom stereocenters. The molecule has 0 aliphatic carbocycles. The summed E-state index contributed by atoms with van der Waals surface area (Å²) in [5, 5.41) is 8.70. The zero-order valence-corrected chi connectivity index (χ0v) is 42.5. The van der Waals surface area contributed by atoms with Crippen LogP contribution < -0.4 is 0 Å². The maximum atomic E-state index is 12.7. The van der Waals surface area contributed by atoms with Crippen LogP contribution in [0, 0.1) is 0 Å². The molecule has 374 valence electrons. The Balaban J connectivity index is 4.98. The van der Waals surface area contributed by atoms with Gasteiger partial charge in [-0.05, 0) is 96.1 Å². The van der Waals surface area contributed by atoms with Crippen LogP contribution in [0.2, 0.25) is 0 Å². The van der Waals surface area contributed by atoms with E-state index in [9.17, 15) is 33.9 Å². The molecule has 0 spiro atoms. The molecule has 0 heterocycles. The molecule has 15 nitrogen and oxygen atoms in total. The van der Waals surface area contributed by atoms with Gasteiger partial charge in [-0.15, -0.1) is 35.3 Å². The molecule has 0 aromatic rings. The van der Waals surface area contributed by atoms with Crippen molar-refractivity contribution in [2.24, 2.45) is 0 Å². The van der Waals surface area contributed by atoms with Crippen molar-refractivity contribution in [3.8, 4) is 0 Å². The van der Waals surface area contributed by atoms with Crippen molar-refractivity contribution in [1.29, 1.82) is 0 Å². The van der Waals surface area contributed by atoms with Crippen LogP contribution in [0.4, 0.5) is 0 Å². The van der Waals surface area contributed by atoms with Gasteiger partial charge in [0.15, 0.2) is 0 Å². The van der Waals surface area contributed by atoms with Crippen molar-refractivity contribution in [2.75, 3.05) is 103 Å². The van der Waals surface area contributed by atoms with E-state index < -0.39 is 17.9 Å². The fraction of sp³-hybridized carbons (Fsp3) is 0.745. The number of carbonyl (C=O) groups is 6. The zero-order valence-electron chi connectivity index (χ0n) is 40.0. The molecule has 0 rings (SSSR count). The number of thioether (sulfide) groups is 3. The highest BCUT2D eigenvalue weighted by atomic mass is 32.2. The third-order valence-corrected chi connectivity index (χ3v) is 12.7. The van der Waals surface area contributed by atoms with E-state index in [1.165, 1.54) is 35.3 Å². The summed E-state index contributed by atoms with van der Waals surface area (Å²) in [6.07, 6.45) is 18.8. The van der Waals surface area contributed by atoms with Crippen LogP contribution >= 0.6 is 35.3 Å². The highest BCUT2D eigenvalue weighted by molar-refractivity contribution is 8.01. The summed E-state index contributed by atoms with van der Waals surface area (Å²) in [5.74, 6) is -0.0860. The minimum Gasteiger partial charge on any atom is -0.462 e. The Morgan fingerprint density at radius 2 is 0.738 bits per heavy atom. The van der Waals surface area contributed by atoms with Crippen LogP contribution in [0.3, 0.4) is 0 Å². The topological polar surface area (TPSA) is 185 Å². The van der Waals surface area contributed by atoms with Gasteiger partial charge in [0.1, 0.15) is 39.6 Å². The molecule has 0 aromatic heterocycles. The molecule has 65 heavy (non-hydrogen) atoms. The summed E-state index contributed by atoms with van der Waals surface area (Å²) in [6, 6.07) is 0. The lowest BCUT2D eigenvalue weighted by Crippen LogP contribution is -2.35. The Morgan fingerprint density at radius 1 is 0.446 bits per heavy atom. The maximum absolute atomic E-state index is 12.7. The van der Waals surface area contributed by atoms with Gasteiger partial charge >= 0.3 is 35.8 Å². The van der Waals surface area contributed by atoms with E-state index in [0.29, 0.717) is 32.6 Å². The molecular formula is C47H80N2O13S3. The fourth-order valence-corrected chi connectivity index (χ4v) is 8.03. The first kappa shape index (κ1) is 62.0. The Morgan fingerprint density at radius 3 is 1.03 bits per heavy atom. The predicted octanol–water partition coefficient (Wildman–Crippen LogP) is 6.84. The summed E-state index contributed by atoms with van der Waals surface area (Å²) in [5.41, 5.74) is 0. The van der Waals surface area contributed by atoms with E-state index in [4.69, 9.17) is 28.4 Å². The first-order valence-corrected chi connectivity index (χ1v) is 26.3. The molecule has 0 amide bonds. The number of aliphatic hydroxyl groups excluding tert-OH is 1. The molecule has 0 aliphatic heterocycles. The molecule has 0 radical (unpaired) electrons.